The van der Waals surface area contributed by atoms with E-state index in [1.54, 1.807) is 14.2 Å². The van der Waals surface area contributed by atoms with Crippen LogP contribution in [-0.4, -0.2) is 29.9 Å². The molecule has 0 amide bonds. The predicted octanol–water partition coefficient (Wildman–Crippen LogP) is 5.80. The topological polar surface area (TPSA) is 47.8 Å². The summed E-state index contributed by atoms with van der Waals surface area (Å²) in [5.41, 5.74) is 7.51. The zero-order valence-electron chi connectivity index (χ0n) is 18.7. The zero-order chi connectivity index (χ0) is 21.1. The van der Waals surface area contributed by atoms with E-state index in [2.05, 4.69) is 58.1 Å². The van der Waals surface area contributed by atoms with E-state index in [4.69, 9.17) is 14.6 Å². The minimum atomic E-state index is 0.400. The lowest BCUT2D eigenvalue weighted by atomic mass is 10.0. The van der Waals surface area contributed by atoms with Gasteiger partial charge >= 0.3 is 0 Å². The van der Waals surface area contributed by atoms with Crippen molar-refractivity contribution in [2.75, 3.05) is 19.5 Å². The Labute approximate surface area is 174 Å². The fraction of sp³-hybridized carbons (Fsp3) is 0.458. The lowest BCUT2D eigenvalue weighted by Crippen LogP contribution is -2.17. The lowest BCUT2D eigenvalue weighted by Gasteiger charge is -2.18. The monoisotopic (exact) mass is 395 g/mol. The van der Waals surface area contributed by atoms with E-state index < -0.39 is 0 Å². The number of methoxy groups -OCH3 is 2. The van der Waals surface area contributed by atoms with E-state index in [1.807, 2.05) is 10.6 Å². The van der Waals surface area contributed by atoms with Gasteiger partial charge in [0.05, 0.1) is 31.3 Å². The quantitative estimate of drug-likeness (QED) is 0.524. The zero-order valence-corrected chi connectivity index (χ0v) is 18.7. The third kappa shape index (κ3) is 3.78. The molecule has 0 bridgehead atoms. The Bertz CT molecular complexity index is 1000. The average molecular weight is 396 g/mol. The van der Waals surface area contributed by atoms with Crippen LogP contribution >= 0.6 is 0 Å². The number of nitrogens with one attached hydrogen (secondary N) is 1. The highest BCUT2D eigenvalue weighted by atomic mass is 16.5. The molecule has 0 spiro atoms. The first-order chi connectivity index (χ1) is 14.0. The van der Waals surface area contributed by atoms with Crippen molar-refractivity contribution in [1.29, 1.82) is 0 Å². The molecule has 1 N–H and O–H groups in total. The van der Waals surface area contributed by atoms with Gasteiger partial charge in [0.1, 0.15) is 17.0 Å². The molecule has 0 fully saturated rings. The van der Waals surface area contributed by atoms with Crippen LogP contribution < -0.4 is 14.8 Å². The maximum Gasteiger partial charge on any atom is 0.146 e. The average Bonchev–Trinajstić information content (AvgIpc) is 3.09. The minimum absolute atomic E-state index is 0.400. The third-order valence-electron chi connectivity index (χ3n) is 5.62. The van der Waals surface area contributed by atoms with Crippen LogP contribution in [0, 0.1) is 13.8 Å². The first kappa shape index (κ1) is 21.0. The smallest absolute Gasteiger partial charge is 0.146 e. The highest BCUT2D eigenvalue weighted by molar-refractivity contribution is 5.85. The SMILES string of the molecule is CCc1nn2c(-c3c(C)cc(C)cc3OC)ccc(OC)c2c1NC(CC)CC. The molecular weight excluding hydrogens is 362 g/mol. The molecule has 0 aliphatic heterocycles. The van der Waals surface area contributed by atoms with E-state index in [0.717, 1.165) is 64.5 Å². The highest BCUT2D eigenvalue weighted by Crippen LogP contribution is 2.39. The standard InChI is InChI=1S/C24H33N3O2/c1-8-17(9-2)25-23-18(10-3)26-27-19(11-12-20(28-6)24(23)27)22-16(5)13-15(4)14-21(22)29-7/h11-14,17,25H,8-10H2,1-7H3. The van der Waals surface area contributed by atoms with Gasteiger partial charge in [0.2, 0.25) is 0 Å². The van der Waals surface area contributed by atoms with Crippen molar-refractivity contribution in [3.63, 3.8) is 0 Å². The Morgan fingerprint density at radius 1 is 1.00 bits per heavy atom. The molecule has 5 heteroatoms. The summed E-state index contributed by atoms with van der Waals surface area (Å²) in [4.78, 5) is 0. The van der Waals surface area contributed by atoms with Crippen molar-refractivity contribution in [3.8, 4) is 22.8 Å². The van der Waals surface area contributed by atoms with Crippen LogP contribution in [0.4, 0.5) is 5.69 Å². The molecule has 156 valence electrons. The Morgan fingerprint density at radius 2 is 1.69 bits per heavy atom. The van der Waals surface area contributed by atoms with E-state index in [-0.39, 0.29) is 0 Å². The molecule has 3 rings (SSSR count). The van der Waals surface area contributed by atoms with Crippen molar-refractivity contribution < 1.29 is 9.47 Å². The molecule has 3 aromatic rings. The first-order valence-corrected chi connectivity index (χ1v) is 10.5. The van der Waals surface area contributed by atoms with Gasteiger partial charge in [-0.2, -0.15) is 5.10 Å². The second kappa shape index (κ2) is 8.76. The fourth-order valence-corrected chi connectivity index (χ4v) is 4.04. The highest BCUT2D eigenvalue weighted by Gasteiger charge is 2.22. The summed E-state index contributed by atoms with van der Waals surface area (Å²) in [6.45, 7) is 10.8. The molecule has 29 heavy (non-hydrogen) atoms. The van der Waals surface area contributed by atoms with Crippen molar-refractivity contribution in [1.82, 2.24) is 9.61 Å². The van der Waals surface area contributed by atoms with E-state index in [1.165, 1.54) is 5.56 Å². The summed E-state index contributed by atoms with van der Waals surface area (Å²) in [6.07, 6.45) is 2.96. The molecule has 2 aromatic heterocycles. The molecule has 5 nitrogen and oxygen atoms in total. The molecule has 2 heterocycles. The summed E-state index contributed by atoms with van der Waals surface area (Å²) < 4.78 is 13.5. The molecule has 1 aromatic carbocycles. The number of hydrogen-bond acceptors (Lipinski definition) is 4. The number of fused-ring (bicyclic) bond motifs is 1. The second-order valence-corrected chi connectivity index (χ2v) is 7.54. The first-order valence-electron chi connectivity index (χ1n) is 10.5. The number of aryl methyl sites for hydroxylation is 3. The van der Waals surface area contributed by atoms with Crippen molar-refractivity contribution in [2.45, 2.75) is 59.9 Å². The van der Waals surface area contributed by atoms with Crippen LogP contribution in [0.25, 0.3) is 16.8 Å². The lowest BCUT2D eigenvalue weighted by molar-refractivity contribution is 0.414. The summed E-state index contributed by atoms with van der Waals surface area (Å²) in [6, 6.07) is 8.76. The molecule has 0 aliphatic carbocycles. The van der Waals surface area contributed by atoms with Crippen LogP contribution in [0.15, 0.2) is 24.3 Å². The Kier molecular flexibility index (Phi) is 6.36. The summed E-state index contributed by atoms with van der Waals surface area (Å²) in [7, 11) is 3.44. The van der Waals surface area contributed by atoms with Crippen molar-refractivity contribution in [3.05, 3.63) is 41.1 Å². The number of pyridine rings is 1. The molecule has 0 atom stereocenters. The van der Waals surface area contributed by atoms with Gasteiger partial charge in [-0.05, 0) is 62.4 Å². The Morgan fingerprint density at radius 3 is 2.28 bits per heavy atom. The number of rotatable bonds is 8. The van der Waals surface area contributed by atoms with Gasteiger partial charge in [0, 0.05) is 11.6 Å². The predicted molar refractivity (Wildman–Crippen MR) is 121 cm³/mol. The second-order valence-electron chi connectivity index (χ2n) is 7.54. The van der Waals surface area contributed by atoms with Crippen LogP contribution in [0.1, 0.15) is 50.4 Å². The number of aromatic nitrogens is 2. The van der Waals surface area contributed by atoms with Gasteiger partial charge in [-0.15, -0.1) is 0 Å². The molecule has 0 aliphatic rings. The fourth-order valence-electron chi connectivity index (χ4n) is 4.04. The van der Waals surface area contributed by atoms with E-state index in [9.17, 15) is 0 Å². The number of nitrogens with zero attached hydrogens (tertiary/aromatic N) is 2. The largest absolute Gasteiger partial charge is 0.496 e. The van der Waals surface area contributed by atoms with E-state index in [0.29, 0.717) is 6.04 Å². The normalized spacial score (nSPS) is 11.3. The number of hydrogen-bond donors (Lipinski definition) is 1. The summed E-state index contributed by atoms with van der Waals surface area (Å²) in [5, 5.41) is 8.73. The maximum absolute atomic E-state index is 5.74. The molecule has 0 saturated heterocycles. The minimum Gasteiger partial charge on any atom is -0.496 e. The maximum atomic E-state index is 5.74. The summed E-state index contributed by atoms with van der Waals surface area (Å²) in [5.74, 6) is 1.68. The van der Waals surface area contributed by atoms with Crippen LogP contribution in [0.5, 0.6) is 11.5 Å². The summed E-state index contributed by atoms with van der Waals surface area (Å²) >= 11 is 0. The number of anilines is 1. The van der Waals surface area contributed by atoms with Gasteiger partial charge < -0.3 is 14.8 Å². The Hall–Kier alpha value is -2.69. The van der Waals surface area contributed by atoms with Crippen LogP contribution in [-0.2, 0) is 6.42 Å². The number of ether oxygens (including phenoxy) is 2. The molecule has 0 radical (unpaired) electrons. The number of benzene rings is 1. The van der Waals surface area contributed by atoms with E-state index >= 15 is 0 Å². The van der Waals surface area contributed by atoms with Gasteiger partial charge in [-0.1, -0.05) is 26.8 Å². The molecular formula is C24H33N3O2. The van der Waals surface area contributed by atoms with Gasteiger partial charge in [-0.25, -0.2) is 4.52 Å². The van der Waals surface area contributed by atoms with Gasteiger partial charge in [0.15, 0.2) is 0 Å². The Balaban J connectivity index is 2.34. The van der Waals surface area contributed by atoms with Crippen molar-refractivity contribution in [2.24, 2.45) is 0 Å². The van der Waals surface area contributed by atoms with Crippen LogP contribution in [0.3, 0.4) is 0 Å². The molecule has 0 unspecified atom stereocenters. The van der Waals surface area contributed by atoms with Crippen molar-refractivity contribution >= 4 is 11.2 Å². The van der Waals surface area contributed by atoms with Crippen LogP contribution in [0.2, 0.25) is 0 Å². The third-order valence-corrected chi connectivity index (χ3v) is 5.62. The van der Waals surface area contributed by atoms with Gasteiger partial charge in [0.25, 0.3) is 0 Å². The van der Waals surface area contributed by atoms with Gasteiger partial charge in [-0.3, -0.25) is 0 Å². The molecule has 0 saturated carbocycles.